The van der Waals surface area contributed by atoms with Gasteiger partial charge in [-0.25, -0.2) is 4.39 Å². The van der Waals surface area contributed by atoms with E-state index in [0.717, 1.165) is 18.5 Å². The molecule has 0 bridgehead atoms. The van der Waals surface area contributed by atoms with Gasteiger partial charge in [0.05, 0.1) is 0 Å². The summed E-state index contributed by atoms with van der Waals surface area (Å²) in [6.07, 6.45) is 2.59. The number of amides is 1. The van der Waals surface area contributed by atoms with E-state index < -0.39 is 0 Å². The highest BCUT2D eigenvalue weighted by molar-refractivity contribution is 5.95. The molecule has 2 atom stereocenters. The quantitative estimate of drug-likeness (QED) is 0.678. The Kier molecular flexibility index (Phi) is 7.05. The van der Waals surface area contributed by atoms with Gasteiger partial charge in [0.25, 0.3) is 0 Å². The molecule has 0 aliphatic rings. The Morgan fingerprint density at radius 1 is 1.18 bits per heavy atom. The van der Waals surface area contributed by atoms with Crippen LogP contribution in [0, 0.1) is 17.7 Å². The number of aryl methyl sites for hydroxylation is 1. The highest BCUT2D eigenvalue weighted by Gasteiger charge is 2.28. The van der Waals surface area contributed by atoms with Crippen LogP contribution in [-0.2, 0) is 11.2 Å². The normalized spacial score (nSPS) is 14.0. The molecule has 124 valence electrons. The average molecular weight is 307 g/mol. The van der Waals surface area contributed by atoms with Gasteiger partial charge in [-0.3, -0.25) is 4.79 Å². The molecule has 0 heterocycles. The Hall–Kier alpha value is -1.38. The highest BCUT2D eigenvalue weighted by atomic mass is 19.1. The van der Waals surface area contributed by atoms with Crippen LogP contribution in [0.1, 0.15) is 59.9 Å². The van der Waals surface area contributed by atoms with Gasteiger partial charge in [0.2, 0.25) is 5.91 Å². The maximum atomic E-state index is 13.8. The van der Waals surface area contributed by atoms with E-state index in [0.29, 0.717) is 12.0 Å². The number of halogens is 1. The van der Waals surface area contributed by atoms with Crippen LogP contribution in [0.25, 0.3) is 0 Å². The van der Waals surface area contributed by atoms with E-state index in [2.05, 4.69) is 27.7 Å². The molecule has 1 aromatic carbocycles. The zero-order valence-electron chi connectivity index (χ0n) is 14.8. The fourth-order valence-electron chi connectivity index (χ4n) is 2.63. The van der Waals surface area contributed by atoms with Gasteiger partial charge in [-0.1, -0.05) is 41.0 Å². The van der Waals surface area contributed by atoms with Crippen LogP contribution in [-0.4, -0.2) is 11.9 Å². The molecule has 0 aliphatic carbocycles. The van der Waals surface area contributed by atoms with Crippen LogP contribution in [0.4, 0.5) is 10.1 Å². The van der Waals surface area contributed by atoms with Crippen molar-refractivity contribution < 1.29 is 9.18 Å². The molecule has 0 spiro atoms. The minimum atomic E-state index is -0.196. The summed E-state index contributed by atoms with van der Waals surface area (Å²) in [5.74, 6) is 0.174. The van der Waals surface area contributed by atoms with E-state index >= 15 is 0 Å². The van der Waals surface area contributed by atoms with E-state index in [9.17, 15) is 9.18 Å². The number of hydrogen-bond acceptors (Lipinski definition) is 1. The zero-order chi connectivity index (χ0) is 16.9. The van der Waals surface area contributed by atoms with Gasteiger partial charge >= 0.3 is 0 Å². The molecule has 1 aromatic rings. The van der Waals surface area contributed by atoms with Crippen LogP contribution in [0.15, 0.2) is 18.2 Å². The first-order valence-electron chi connectivity index (χ1n) is 8.44. The first kappa shape index (κ1) is 18.7. The Morgan fingerprint density at radius 3 is 2.32 bits per heavy atom. The maximum Gasteiger partial charge on any atom is 0.230 e. The molecule has 0 saturated heterocycles. The van der Waals surface area contributed by atoms with Gasteiger partial charge in [0.1, 0.15) is 5.82 Å². The molecule has 1 amide bonds. The van der Waals surface area contributed by atoms with E-state index in [1.54, 1.807) is 6.07 Å². The molecule has 2 nitrogen and oxygen atoms in total. The average Bonchev–Trinajstić information content (AvgIpc) is 2.48. The highest BCUT2D eigenvalue weighted by Crippen LogP contribution is 2.26. The van der Waals surface area contributed by atoms with Gasteiger partial charge in [0, 0.05) is 17.6 Å². The predicted molar refractivity (Wildman–Crippen MR) is 91.6 cm³/mol. The lowest BCUT2D eigenvalue weighted by Crippen LogP contribution is -2.43. The second-order valence-electron chi connectivity index (χ2n) is 6.51. The second-order valence-corrected chi connectivity index (χ2v) is 6.51. The van der Waals surface area contributed by atoms with Crippen molar-refractivity contribution in [3.05, 3.63) is 29.6 Å². The van der Waals surface area contributed by atoms with E-state index in [4.69, 9.17) is 0 Å². The van der Waals surface area contributed by atoms with Crippen LogP contribution >= 0.6 is 0 Å². The van der Waals surface area contributed by atoms with E-state index in [-0.39, 0.29) is 29.6 Å². The third kappa shape index (κ3) is 4.31. The zero-order valence-corrected chi connectivity index (χ0v) is 14.8. The lowest BCUT2D eigenvalue weighted by atomic mass is 9.95. The van der Waals surface area contributed by atoms with Gasteiger partial charge in [0.15, 0.2) is 0 Å². The molecule has 0 saturated carbocycles. The Bertz CT molecular complexity index is 498. The number of nitrogens with zero attached hydrogens (tertiary/aromatic N) is 1. The smallest absolute Gasteiger partial charge is 0.230 e. The fourth-order valence-corrected chi connectivity index (χ4v) is 2.63. The molecule has 0 radical (unpaired) electrons. The van der Waals surface area contributed by atoms with Gasteiger partial charge < -0.3 is 4.90 Å². The summed E-state index contributed by atoms with van der Waals surface area (Å²) in [7, 11) is 0. The maximum absolute atomic E-state index is 13.8. The molecule has 22 heavy (non-hydrogen) atoms. The summed E-state index contributed by atoms with van der Waals surface area (Å²) in [4.78, 5) is 14.8. The standard InChI is InChI=1S/C19H30FNO/c1-7-9-14(5)21(19(22)15(6)13(3)4)17-10-11-18(20)16(8-2)12-17/h10-15H,7-9H2,1-6H3. The molecule has 0 N–H and O–H groups in total. The molecule has 2 unspecified atom stereocenters. The van der Waals surface area contributed by atoms with Gasteiger partial charge in [-0.05, 0) is 49.4 Å². The topological polar surface area (TPSA) is 20.3 Å². The van der Waals surface area contributed by atoms with Crippen LogP contribution in [0.2, 0.25) is 0 Å². The number of rotatable bonds is 7. The van der Waals surface area contributed by atoms with Crippen LogP contribution in [0.3, 0.4) is 0 Å². The fraction of sp³-hybridized carbons (Fsp3) is 0.632. The molecule has 0 aromatic heterocycles. The molecule has 3 heteroatoms. The number of anilines is 1. The molecular formula is C19H30FNO. The van der Waals surface area contributed by atoms with E-state index in [1.807, 2.05) is 24.8 Å². The number of hydrogen-bond donors (Lipinski definition) is 0. The largest absolute Gasteiger partial charge is 0.309 e. The lowest BCUT2D eigenvalue weighted by Gasteiger charge is -2.33. The predicted octanol–water partition coefficient (Wildman–Crippen LogP) is 5.20. The second kappa shape index (κ2) is 8.30. The summed E-state index contributed by atoms with van der Waals surface area (Å²) < 4.78 is 13.8. The number of carbonyl (C=O) groups excluding carboxylic acids is 1. The first-order valence-corrected chi connectivity index (χ1v) is 8.44. The Labute approximate surface area is 134 Å². The summed E-state index contributed by atoms with van der Waals surface area (Å²) in [6, 6.07) is 5.15. The molecule has 0 fully saturated rings. The van der Waals surface area contributed by atoms with Crippen LogP contribution in [0.5, 0.6) is 0 Å². The molecule has 1 rings (SSSR count). The van der Waals surface area contributed by atoms with Gasteiger partial charge in [-0.2, -0.15) is 0 Å². The van der Waals surface area contributed by atoms with Crippen molar-refractivity contribution in [3.63, 3.8) is 0 Å². The van der Waals surface area contributed by atoms with Crippen LogP contribution < -0.4 is 4.90 Å². The lowest BCUT2D eigenvalue weighted by molar-refractivity contribution is -0.123. The van der Waals surface area contributed by atoms with Crippen molar-refractivity contribution in [1.29, 1.82) is 0 Å². The van der Waals surface area contributed by atoms with Crippen molar-refractivity contribution in [3.8, 4) is 0 Å². The first-order chi connectivity index (χ1) is 10.3. The third-order valence-corrected chi connectivity index (χ3v) is 4.46. The van der Waals surface area contributed by atoms with Crippen molar-refractivity contribution in [2.24, 2.45) is 11.8 Å². The Balaban J connectivity index is 3.23. The number of carbonyl (C=O) groups is 1. The third-order valence-electron chi connectivity index (χ3n) is 4.46. The summed E-state index contributed by atoms with van der Waals surface area (Å²) in [6.45, 7) is 12.2. The van der Waals surface area contributed by atoms with E-state index in [1.165, 1.54) is 6.07 Å². The molecule has 0 aliphatic heterocycles. The minimum Gasteiger partial charge on any atom is -0.309 e. The van der Waals surface area contributed by atoms with Crippen molar-refractivity contribution >= 4 is 11.6 Å². The van der Waals surface area contributed by atoms with Crippen molar-refractivity contribution in [2.75, 3.05) is 4.90 Å². The minimum absolute atomic E-state index is 0.0468. The summed E-state index contributed by atoms with van der Waals surface area (Å²) >= 11 is 0. The summed E-state index contributed by atoms with van der Waals surface area (Å²) in [5.41, 5.74) is 1.48. The van der Waals surface area contributed by atoms with Crippen molar-refractivity contribution in [1.82, 2.24) is 0 Å². The van der Waals surface area contributed by atoms with Crippen molar-refractivity contribution in [2.45, 2.75) is 66.8 Å². The Morgan fingerprint density at radius 2 is 1.82 bits per heavy atom. The monoisotopic (exact) mass is 307 g/mol. The molecular weight excluding hydrogens is 277 g/mol. The van der Waals surface area contributed by atoms with Gasteiger partial charge in [-0.15, -0.1) is 0 Å². The SMILES string of the molecule is CCCC(C)N(C(=O)C(C)C(C)C)c1ccc(F)c(CC)c1. The number of benzene rings is 1. The summed E-state index contributed by atoms with van der Waals surface area (Å²) in [5, 5.41) is 0.